The summed E-state index contributed by atoms with van der Waals surface area (Å²) in [6.07, 6.45) is 1.65. The van der Waals surface area contributed by atoms with Crippen LogP contribution >= 0.6 is 0 Å². The molecule has 0 aliphatic heterocycles. The van der Waals surface area contributed by atoms with Gasteiger partial charge in [0.05, 0.1) is 6.54 Å². The van der Waals surface area contributed by atoms with E-state index in [1.54, 1.807) is 42.5 Å². The van der Waals surface area contributed by atoms with Crippen LogP contribution in [0.1, 0.15) is 36.1 Å². The van der Waals surface area contributed by atoms with E-state index in [0.29, 0.717) is 23.6 Å². The Morgan fingerprint density at radius 3 is 2.79 bits per heavy atom. The molecule has 0 saturated heterocycles. The normalized spacial score (nSPS) is 10.7. The molecule has 0 aliphatic rings. The quantitative estimate of drug-likeness (QED) is 0.800. The second-order valence-electron chi connectivity index (χ2n) is 5.74. The van der Waals surface area contributed by atoms with Gasteiger partial charge in [-0.2, -0.15) is 0 Å². The van der Waals surface area contributed by atoms with Gasteiger partial charge in [-0.3, -0.25) is 9.59 Å². The largest absolute Gasteiger partial charge is 0.480 e. The lowest BCUT2D eigenvalue weighted by atomic mass is 10.1. The van der Waals surface area contributed by atoms with Crippen molar-refractivity contribution in [1.29, 1.82) is 0 Å². The summed E-state index contributed by atoms with van der Waals surface area (Å²) in [6.45, 7) is 4.17. The van der Waals surface area contributed by atoms with E-state index in [0.717, 1.165) is 0 Å². The maximum atomic E-state index is 12.6. The molecule has 0 radical (unpaired) electrons. The molecule has 1 amide bonds. The summed E-state index contributed by atoms with van der Waals surface area (Å²) >= 11 is 0. The van der Waals surface area contributed by atoms with Crippen LogP contribution in [0.25, 0.3) is 0 Å². The number of benzene rings is 1. The maximum Gasteiger partial charge on any atom is 0.322 e. The first-order chi connectivity index (χ1) is 11.4. The number of nitrogens with zero attached hydrogens (tertiary/aromatic N) is 4. The van der Waals surface area contributed by atoms with Crippen molar-refractivity contribution in [3.63, 3.8) is 0 Å². The number of hydrogen-bond acceptors (Lipinski definition) is 5. The minimum atomic E-state index is -0.961. The van der Waals surface area contributed by atoms with E-state index in [-0.39, 0.29) is 18.5 Å². The number of amides is 1. The Morgan fingerprint density at radius 1 is 1.38 bits per heavy atom. The predicted molar refractivity (Wildman–Crippen MR) is 88.8 cm³/mol. The van der Waals surface area contributed by atoms with Gasteiger partial charge in [0.2, 0.25) is 0 Å². The maximum absolute atomic E-state index is 12.6. The smallest absolute Gasteiger partial charge is 0.322 e. The summed E-state index contributed by atoms with van der Waals surface area (Å²) in [7, 11) is 1.69. The van der Waals surface area contributed by atoms with E-state index < -0.39 is 5.97 Å². The molecule has 0 saturated carbocycles. The van der Waals surface area contributed by atoms with Gasteiger partial charge in [-0.1, -0.05) is 6.07 Å². The zero-order chi connectivity index (χ0) is 17.7. The van der Waals surface area contributed by atoms with E-state index in [1.807, 2.05) is 18.4 Å². The molecule has 0 unspecified atom stereocenters. The fourth-order valence-electron chi connectivity index (χ4n) is 2.26. The number of carboxylic acids is 1. The summed E-state index contributed by atoms with van der Waals surface area (Å²) in [5, 5.41) is 19.4. The van der Waals surface area contributed by atoms with Crippen LogP contribution in [-0.4, -0.2) is 50.2 Å². The average Bonchev–Trinajstić information content (AvgIpc) is 3.00. The highest BCUT2D eigenvalue weighted by atomic mass is 16.4. The van der Waals surface area contributed by atoms with Crippen LogP contribution in [0.2, 0.25) is 0 Å². The second kappa shape index (κ2) is 7.58. The lowest BCUT2D eigenvalue weighted by molar-refractivity contribution is -0.134. The van der Waals surface area contributed by atoms with E-state index in [1.165, 1.54) is 0 Å². The summed E-state index contributed by atoms with van der Waals surface area (Å²) in [5.41, 5.74) is 1.06. The third-order valence-corrected chi connectivity index (χ3v) is 3.48. The van der Waals surface area contributed by atoms with Gasteiger partial charge < -0.3 is 19.9 Å². The fraction of sp³-hybridized carbons (Fsp3) is 0.375. The van der Waals surface area contributed by atoms with Crippen molar-refractivity contribution in [2.45, 2.75) is 26.4 Å². The SMILES string of the molecule is CC(C)n1cnnc1CN(C)C(=O)c1cccc(NCC(=O)O)c1. The Hall–Kier alpha value is -2.90. The highest BCUT2D eigenvalue weighted by Crippen LogP contribution is 2.14. The van der Waals surface area contributed by atoms with Crippen LogP contribution in [0, 0.1) is 0 Å². The van der Waals surface area contributed by atoms with Crippen LogP contribution < -0.4 is 5.32 Å². The number of carbonyl (C=O) groups excluding carboxylic acids is 1. The molecule has 0 fully saturated rings. The molecule has 0 bridgehead atoms. The average molecular weight is 331 g/mol. The van der Waals surface area contributed by atoms with E-state index in [2.05, 4.69) is 15.5 Å². The molecule has 0 aliphatic carbocycles. The van der Waals surface area contributed by atoms with Gasteiger partial charge in [-0.05, 0) is 32.0 Å². The molecule has 0 spiro atoms. The van der Waals surface area contributed by atoms with Crippen molar-refractivity contribution in [1.82, 2.24) is 19.7 Å². The molecule has 1 aromatic heterocycles. The van der Waals surface area contributed by atoms with Crippen LogP contribution in [0.4, 0.5) is 5.69 Å². The van der Waals surface area contributed by atoms with E-state index >= 15 is 0 Å². The predicted octanol–water partition coefficient (Wildman–Crippen LogP) is 1.63. The molecule has 0 atom stereocenters. The minimum absolute atomic E-state index is 0.174. The first-order valence-corrected chi connectivity index (χ1v) is 7.58. The first kappa shape index (κ1) is 17.5. The topological polar surface area (TPSA) is 100 Å². The van der Waals surface area contributed by atoms with Crippen LogP contribution in [0.15, 0.2) is 30.6 Å². The molecule has 2 rings (SSSR count). The van der Waals surface area contributed by atoms with Crippen molar-refractivity contribution in [2.24, 2.45) is 0 Å². The number of anilines is 1. The standard InChI is InChI=1S/C16H21N5O3/c1-11(2)21-10-18-19-14(21)9-20(3)16(24)12-5-4-6-13(7-12)17-8-15(22)23/h4-7,10-11,17H,8-9H2,1-3H3,(H,22,23). The molecule has 24 heavy (non-hydrogen) atoms. The third-order valence-electron chi connectivity index (χ3n) is 3.48. The molecular weight excluding hydrogens is 310 g/mol. The lowest BCUT2D eigenvalue weighted by Crippen LogP contribution is -2.28. The molecule has 1 aromatic carbocycles. The molecule has 128 valence electrons. The Kier molecular flexibility index (Phi) is 5.51. The van der Waals surface area contributed by atoms with Gasteiger partial charge in [0, 0.05) is 24.3 Å². The Balaban J connectivity index is 2.08. The lowest BCUT2D eigenvalue weighted by Gasteiger charge is -2.19. The van der Waals surface area contributed by atoms with Crippen molar-refractivity contribution in [2.75, 3.05) is 18.9 Å². The van der Waals surface area contributed by atoms with Gasteiger partial charge in [0.25, 0.3) is 5.91 Å². The van der Waals surface area contributed by atoms with Crippen LogP contribution in [0.5, 0.6) is 0 Å². The molecule has 8 heteroatoms. The van der Waals surface area contributed by atoms with Crippen LogP contribution in [-0.2, 0) is 11.3 Å². The van der Waals surface area contributed by atoms with E-state index in [9.17, 15) is 9.59 Å². The van der Waals surface area contributed by atoms with Gasteiger partial charge in [0.1, 0.15) is 12.9 Å². The Bertz CT molecular complexity index is 726. The minimum Gasteiger partial charge on any atom is -0.480 e. The van der Waals surface area contributed by atoms with Crippen LogP contribution in [0.3, 0.4) is 0 Å². The zero-order valence-electron chi connectivity index (χ0n) is 13.9. The summed E-state index contributed by atoms with van der Waals surface area (Å²) in [5.74, 6) is -0.426. The van der Waals surface area contributed by atoms with Gasteiger partial charge in [-0.25, -0.2) is 0 Å². The van der Waals surface area contributed by atoms with Crippen molar-refractivity contribution in [3.05, 3.63) is 42.0 Å². The number of carbonyl (C=O) groups is 2. The molecular formula is C16H21N5O3. The monoisotopic (exact) mass is 331 g/mol. The summed E-state index contributed by atoms with van der Waals surface area (Å²) in [4.78, 5) is 24.7. The van der Waals surface area contributed by atoms with Gasteiger partial charge in [-0.15, -0.1) is 10.2 Å². The van der Waals surface area contributed by atoms with Gasteiger partial charge in [0.15, 0.2) is 5.82 Å². The number of carboxylic acid groups (broad SMARTS) is 1. The Morgan fingerprint density at radius 2 is 2.12 bits per heavy atom. The number of nitrogens with one attached hydrogen (secondary N) is 1. The number of aliphatic carboxylic acids is 1. The molecule has 2 N–H and O–H groups in total. The third kappa shape index (κ3) is 4.31. The van der Waals surface area contributed by atoms with Crippen molar-refractivity contribution in [3.8, 4) is 0 Å². The number of aromatic nitrogens is 3. The number of hydrogen-bond donors (Lipinski definition) is 2. The molecule has 2 aromatic rings. The first-order valence-electron chi connectivity index (χ1n) is 7.58. The highest BCUT2D eigenvalue weighted by Gasteiger charge is 2.16. The summed E-state index contributed by atoms with van der Waals surface area (Å²) in [6, 6.07) is 6.96. The zero-order valence-corrected chi connectivity index (χ0v) is 13.9. The van der Waals surface area contributed by atoms with E-state index in [4.69, 9.17) is 5.11 Å². The van der Waals surface area contributed by atoms with Gasteiger partial charge >= 0.3 is 5.97 Å². The van der Waals surface area contributed by atoms with Crippen molar-refractivity contribution < 1.29 is 14.7 Å². The second-order valence-corrected chi connectivity index (χ2v) is 5.74. The Labute approximate surface area is 140 Å². The molecule has 1 heterocycles. The fourth-order valence-corrected chi connectivity index (χ4v) is 2.26. The highest BCUT2D eigenvalue weighted by molar-refractivity contribution is 5.95. The van der Waals surface area contributed by atoms with Crippen molar-refractivity contribution >= 4 is 17.6 Å². The summed E-state index contributed by atoms with van der Waals surface area (Å²) < 4.78 is 1.91. The number of rotatable bonds is 7. The molecule has 8 nitrogen and oxygen atoms in total.